The molecular weight excluding hydrogens is 282 g/mol. The zero-order chi connectivity index (χ0) is 14.3. The smallest absolute Gasteiger partial charge is 0.263 e. The minimum absolute atomic E-state index is 0.144. The van der Waals surface area contributed by atoms with Crippen LogP contribution in [0.5, 0.6) is 0 Å². The molecule has 0 aliphatic carbocycles. The minimum atomic E-state index is -3.61. The summed E-state index contributed by atoms with van der Waals surface area (Å²) in [5, 5.41) is 2.19. The SMILES string of the molecule is O=C1CCC(N=C2NS(=O)(=O)c3ccccc32)C(=O)N1. The largest absolute Gasteiger partial charge is 0.295 e. The molecule has 0 spiro atoms. The third-order valence-corrected chi connectivity index (χ3v) is 4.55. The maximum Gasteiger partial charge on any atom is 0.263 e. The van der Waals surface area contributed by atoms with Gasteiger partial charge in [0.25, 0.3) is 15.9 Å². The van der Waals surface area contributed by atoms with Crippen molar-refractivity contribution in [3.05, 3.63) is 29.8 Å². The van der Waals surface area contributed by atoms with Crippen LogP contribution in [0.15, 0.2) is 34.2 Å². The molecule has 1 aromatic carbocycles. The molecule has 1 unspecified atom stereocenters. The van der Waals surface area contributed by atoms with Gasteiger partial charge in [-0.25, -0.2) is 8.42 Å². The lowest BCUT2D eigenvalue weighted by molar-refractivity contribution is -0.133. The summed E-state index contributed by atoms with van der Waals surface area (Å²) in [4.78, 5) is 27.0. The third-order valence-electron chi connectivity index (χ3n) is 3.16. The number of hydrogen-bond donors (Lipinski definition) is 2. The van der Waals surface area contributed by atoms with Crippen molar-refractivity contribution in [2.75, 3.05) is 0 Å². The number of carbonyl (C=O) groups is 2. The number of amides is 2. The highest BCUT2D eigenvalue weighted by molar-refractivity contribution is 7.90. The number of aliphatic imine (C=N–C) groups is 1. The van der Waals surface area contributed by atoms with Crippen LogP contribution in [0.1, 0.15) is 18.4 Å². The van der Waals surface area contributed by atoms with E-state index in [-0.39, 0.29) is 29.5 Å². The summed E-state index contributed by atoms with van der Waals surface area (Å²) < 4.78 is 26.1. The molecule has 0 aromatic heterocycles. The number of sulfonamides is 1. The summed E-state index contributed by atoms with van der Waals surface area (Å²) in [6.45, 7) is 0. The zero-order valence-corrected chi connectivity index (χ0v) is 11.1. The maximum absolute atomic E-state index is 11.9. The molecule has 1 saturated heterocycles. The van der Waals surface area contributed by atoms with Gasteiger partial charge in [-0.2, -0.15) is 0 Å². The Labute approximate surface area is 115 Å². The first-order valence-corrected chi connectivity index (χ1v) is 7.49. The van der Waals surface area contributed by atoms with Crippen LogP contribution in [0, 0.1) is 0 Å². The molecule has 8 heteroatoms. The predicted molar refractivity (Wildman–Crippen MR) is 69.5 cm³/mol. The van der Waals surface area contributed by atoms with Crippen LogP contribution < -0.4 is 10.0 Å². The van der Waals surface area contributed by atoms with E-state index in [9.17, 15) is 18.0 Å². The Kier molecular flexibility index (Phi) is 2.82. The number of fused-ring (bicyclic) bond motifs is 1. The van der Waals surface area contributed by atoms with Gasteiger partial charge in [-0.05, 0) is 18.6 Å². The van der Waals surface area contributed by atoms with Crippen molar-refractivity contribution in [2.45, 2.75) is 23.8 Å². The first-order valence-electron chi connectivity index (χ1n) is 6.01. The van der Waals surface area contributed by atoms with Crippen LogP contribution >= 0.6 is 0 Å². The fourth-order valence-electron chi connectivity index (χ4n) is 2.19. The molecule has 20 heavy (non-hydrogen) atoms. The average Bonchev–Trinajstić information content (AvgIpc) is 2.65. The van der Waals surface area contributed by atoms with Crippen molar-refractivity contribution < 1.29 is 18.0 Å². The summed E-state index contributed by atoms with van der Waals surface area (Å²) in [6.07, 6.45) is 0.472. The van der Waals surface area contributed by atoms with Crippen molar-refractivity contribution in [2.24, 2.45) is 4.99 Å². The molecule has 2 N–H and O–H groups in total. The standard InChI is InChI=1S/C12H11N3O4S/c16-10-6-5-8(12(17)14-10)13-11-7-3-1-2-4-9(7)20(18,19)15-11/h1-4,8H,5-6H2,(H,13,15)(H,14,16,17). The van der Waals surface area contributed by atoms with Gasteiger partial charge in [0.2, 0.25) is 5.91 Å². The quantitative estimate of drug-likeness (QED) is 0.683. The molecule has 0 saturated carbocycles. The minimum Gasteiger partial charge on any atom is -0.295 e. The Morgan fingerprint density at radius 3 is 2.70 bits per heavy atom. The van der Waals surface area contributed by atoms with Gasteiger partial charge in [0.05, 0.1) is 4.90 Å². The summed E-state index contributed by atoms with van der Waals surface area (Å²) in [6, 6.07) is 5.66. The molecule has 1 atom stereocenters. The van der Waals surface area contributed by atoms with Crippen LogP contribution in [-0.4, -0.2) is 32.1 Å². The molecule has 3 rings (SSSR count). The maximum atomic E-state index is 11.9. The van der Waals surface area contributed by atoms with E-state index >= 15 is 0 Å². The zero-order valence-electron chi connectivity index (χ0n) is 10.3. The normalized spacial score (nSPS) is 26.0. The summed E-state index contributed by atoms with van der Waals surface area (Å²) in [5.74, 6) is -0.689. The van der Waals surface area contributed by atoms with Gasteiger partial charge in [0, 0.05) is 12.0 Å². The number of hydrogen-bond acceptors (Lipinski definition) is 5. The van der Waals surface area contributed by atoms with Crippen molar-refractivity contribution in [1.82, 2.24) is 10.0 Å². The van der Waals surface area contributed by atoms with E-state index in [1.165, 1.54) is 6.07 Å². The van der Waals surface area contributed by atoms with Crippen LogP contribution in [0.4, 0.5) is 0 Å². The third kappa shape index (κ3) is 2.07. The van der Waals surface area contributed by atoms with Gasteiger partial charge in [-0.15, -0.1) is 0 Å². The van der Waals surface area contributed by atoms with E-state index in [1.54, 1.807) is 18.2 Å². The van der Waals surface area contributed by atoms with Crippen molar-refractivity contribution in [3.63, 3.8) is 0 Å². The highest BCUT2D eigenvalue weighted by Crippen LogP contribution is 2.23. The second kappa shape index (κ2) is 4.41. The number of carbonyl (C=O) groups excluding carboxylic acids is 2. The average molecular weight is 293 g/mol. The molecule has 7 nitrogen and oxygen atoms in total. The molecule has 104 valence electrons. The van der Waals surface area contributed by atoms with Gasteiger partial charge >= 0.3 is 0 Å². The Morgan fingerprint density at radius 2 is 1.95 bits per heavy atom. The lowest BCUT2D eigenvalue weighted by Crippen LogP contribution is -2.43. The number of piperidine rings is 1. The lowest BCUT2D eigenvalue weighted by atomic mass is 10.1. The Bertz CT molecular complexity index is 739. The topological polar surface area (TPSA) is 105 Å². The van der Waals surface area contributed by atoms with Crippen molar-refractivity contribution in [3.8, 4) is 0 Å². The molecule has 1 aromatic rings. The molecule has 1 fully saturated rings. The van der Waals surface area contributed by atoms with Gasteiger partial charge in [-0.3, -0.25) is 24.6 Å². The van der Waals surface area contributed by atoms with Gasteiger partial charge in [-0.1, -0.05) is 12.1 Å². The first-order chi connectivity index (χ1) is 9.47. The van der Waals surface area contributed by atoms with E-state index in [0.29, 0.717) is 5.56 Å². The Morgan fingerprint density at radius 1 is 1.20 bits per heavy atom. The molecule has 2 amide bonds. The number of nitrogens with one attached hydrogen (secondary N) is 2. The summed E-state index contributed by atoms with van der Waals surface area (Å²) in [5.41, 5.74) is 0.442. The van der Waals surface area contributed by atoms with Gasteiger partial charge < -0.3 is 0 Å². The molecule has 2 aliphatic rings. The van der Waals surface area contributed by atoms with E-state index in [2.05, 4.69) is 15.0 Å². The van der Waals surface area contributed by atoms with E-state index in [0.717, 1.165) is 0 Å². The predicted octanol–water partition coefficient (Wildman–Crippen LogP) is -0.470. The van der Waals surface area contributed by atoms with Gasteiger partial charge in [0.1, 0.15) is 11.9 Å². The van der Waals surface area contributed by atoms with Gasteiger partial charge in [0.15, 0.2) is 0 Å². The van der Waals surface area contributed by atoms with E-state index < -0.39 is 22.0 Å². The number of nitrogens with zero attached hydrogens (tertiary/aromatic N) is 1. The molecule has 0 bridgehead atoms. The molecule has 0 radical (unpaired) electrons. The molecule has 2 heterocycles. The van der Waals surface area contributed by atoms with Crippen LogP contribution in [0.2, 0.25) is 0 Å². The fraction of sp³-hybridized carbons (Fsp3) is 0.250. The summed E-state index contributed by atoms with van der Waals surface area (Å²) >= 11 is 0. The van der Waals surface area contributed by atoms with Crippen molar-refractivity contribution >= 4 is 27.7 Å². The highest BCUT2D eigenvalue weighted by Gasteiger charge is 2.33. The lowest BCUT2D eigenvalue weighted by Gasteiger charge is -2.17. The van der Waals surface area contributed by atoms with E-state index in [4.69, 9.17) is 0 Å². The number of rotatable bonds is 1. The second-order valence-electron chi connectivity index (χ2n) is 4.55. The summed E-state index contributed by atoms with van der Waals surface area (Å²) in [7, 11) is -3.61. The van der Waals surface area contributed by atoms with Crippen molar-refractivity contribution in [1.29, 1.82) is 0 Å². The highest BCUT2D eigenvalue weighted by atomic mass is 32.2. The van der Waals surface area contributed by atoms with Crippen LogP contribution in [0.3, 0.4) is 0 Å². The number of benzene rings is 1. The monoisotopic (exact) mass is 293 g/mol. The molecule has 2 aliphatic heterocycles. The van der Waals surface area contributed by atoms with Crippen LogP contribution in [-0.2, 0) is 19.6 Å². The second-order valence-corrected chi connectivity index (χ2v) is 6.20. The Hall–Kier alpha value is -2.22. The fourth-order valence-corrected chi connectivity index (χ4v) is 3.43. The van der Waals surface area contributed by atoms with Crippen LogP contribution in [0.25, 0.3) is 0 Å². The molecular formula is C12H11N3O4S. The number of amidine groups is 1. The Balaban J connectivity index is 1.98. The number of imide groups is 1. The first kappa shape index (κ1) is 12.8. The van der Waals surface area contributed by atoms with E-state index in [1.807, 2.05) is 0 Å².